The van der Waals surface area contributed by atoms with E-state index in [0.29, 0.717) is 28.4 Å². The van der Waals surface area contributed by atoms with Crippen molar-refractivity contribution in [3.8, 4) is 11.5 Å². The third-order valence-corrected chi connectivity index (χ3v) is 3.68. The van der Waals surface area contributed by atoms with Gasteiger partial charge < -0.3 is 24.8 Å². The molecule has 8 heteroatoms. The first-order valence-corrected chi connectivity index (χ1v) is 8.66. The zero-order valence-corrected chi connectivity index (χ0v) is 16.4. The molecule has 29 heavy (non-hydrogen) atoms. The quantitative estimate of drug-likeness (QED) is 0.524. The highest BCUT2D eigenvalue weighted by molar-refractivity contribution is 5.97. The van der Waals surface area contributed by atoms with Crippen LogP contribution in [-0.2, 0) is 19.1 Å². The van der Waals surface area contributed by atoms with E-state index in [2.05, 4.69) is 10.6 Å². The molecule has 0 spiro atoms. The molecule has 2 amide bonds. The molecule has 0 fully saturated rings. The van der Waals surface area contributed by atoms with Gasteiger partial charge in [0.25, 0.3) is 5.91 Å². The van der Waals surface area contributed by atoms with E-state index in [1.807, 2.05) is 12.1 Å². The number of carbonyl (C=O) groups excluding carboxylic acids is 3. The second-order valence-electron chi connectivity index (χ2n) is 5.83. The summed E-state index contributed by atoms with van der Waals surface area (Å²) in [6.45, 7) is 0.892. The molecule has 2 aromatic carbocycles. The maximum absolute atomic E-state index is 12.1. The topological polar surface area (TPSA) is 103 Å². The number of para-hydroxylation sites is 1. The molecule has 2 aromatic rings. The first-order valence-electron chi connectivity index (χ1n) is 8.66. The summed E-state index contributed by atoms with van der Waals surface area (Å²) >= 11 is 0. The van der Waals surface area contributed by atoms with Crippen LogP contribution in [-0.4, -0.2) is 38.6 Å². The summed E-state index contributed by atoms with van der Waals surface area (Å²) in [5.41, 5.74) is 1.53. The van der Waals surface area contributed by atoms with Crippen LogP contribution >= 0.6 is 0 Å². The van der Waals surface area contributed by atoms with Crippen molar-refractivity contribution in [1.29, 1.82) is 0 Å². The molecule has 0 saturated carbocycles. The van der Waals surface area contributed by atoms with Crippen molar-refractivity contribution in [2.45, 2.75) is 6.92 Å². The minimum absolute atomic E-state index is 0.247. The minimum atomic E-state index is -0.676. The first kappa shape index (κ1) is 21.5. The second-order valence-corrected chi connectivity index (χ2v) is 5.83. The smallest absolute Gasteiger partial charge is 0.331 e. The van der Waals surface area contributed by atoms with E-state index in [-0.39, 0.29) is 5.91 Å². The lowest BCUT2D eigenvalue weighted by Gasteiger charge is -2.12. The van der Waals surface area contributed by atoms with Crippen LogP contribution in [0.2, 0.25) is 0 Å². The van der Waals surface area contributed by atoms with Crippen LogP contribution in [0.3, 0.4) is 0 Å². The molecule has 0 heterocycles. The summed E-state index contributed by atoms with van der Waals surface area (Å²) < 4.78 is 15.3. The molecule has 0 aromatic heterocycles. The highest BCUT2D eigenvalue weighted by Crippen LogP contribution is 2.27. The van der Waals surface area contributed by atoms with Crippen molar-refractivity contribution in [2.24, 2.45) is 0 Å². The van der Waals surface area contributed by atoms with Gasteiger partial charge in [0.1, 0.15) is 11.5 Å². The normalized spacial score (nSPS) is 10.3. The Morgan fingerprint density at radius 1 is 0.966 bits per heavy atom. The summed E-state index contributed by atoms with van der Waals surface area (Å²) in [6, 6.07) is 11.9. The number of ether oxygens (including phenoxy) is 3. The number of methoxy groups -OCH3 is 2. The Morgan fingerprint density at radius 2 is 1.69 bits per heavy atom. The predicted octanol–water partition coefficient (Wildman–Crippen LogP) is 2.86. The zero-order chi connectivity index (χ0) is 21.2. The third kappa shape index (κ3) is 6.69. The summed E-state index contributed by atoms with van der Waals surface area (Å²) in [4.78, 5) is 35.2. The molecular formula is C21H22N2O6. The molecule has 8 nitrogen and oxygen atoms in total. The fourth-order valence-corrected chi connectivity index (χ4v) is 2.42. The molecule has 0 atom stereocenters. The van der Waals surface area contributed by atoms with Crippen molar-refractivity contribution in [2.75, 3.05) is 31.5 Å². The summed E-state index contributed by atoms with van der Waals surface area (Å²) in [6.07, 6.45) is 2.75. The van der Waals surface area contributed by atoms with Gasteiger partial charge in [0.2, 0.25) is 5.91 Å². The fraction of sp³-hybridized carbons (Fsp3) is 0.190. The minimum Gasteiger partial charge on any atom is -0.496 e. The fourth-order valence-electron chi connectivity index (χ4n) is 2.42. The number of hydrogen-bond acceptors (Lipinski definition) is 6. The molecule has 0 saturated heterocycles. The van der Waals surface area contributed by atoms with Crippen molar-refractivity contribution in [3.05, 3.63) is 54.1 Å². The highest BCUT2D eigenvalue weighted by atomic mass is 16.5. The largest absolute Gasteiger partial charge is 0.496 e. The van der Waals surface area contributed by atoms with E-state index in [1.165, 1.54) is 27.2 Å². The molecule has 0 unspecified atom stereocenters. The lowest BCUT2D eigenvalue weighted by atomic mass is 10.2. The van der Waals surface area contributed by atoms with Crippen LogP contribution in [0.4, 0.5) is 11.4 Å². The second kappa shape index (κ2) is 10.5. The molecule has 0 radical (unpaired) electrons. The number of anilines is 2. The number of esters is 1. The van der Waals surface area contributed by atoms with Gasteiger partial charge in [-0.2, -0.15) is 0 Å². The Morgan fingerprint density at radius 3 is 2.38 bits per heavy atom. The number of rotatable bonds is 8. The van der Waals surface area contributed by atoms with Gasteiger partial charge in [0.15, 0.2) is 6.61 Å². The molecule has 0 aliphatic rings. The van der Waals surface area contributed by atoms with Crippen LogP contribution in [0, 0.1) is 0 Å². The third-order valence-electron chi connectivity index (χ3n) is 3.68. The van der Waals surface area contributed by atoms with Crippen LogP contribution in [0.15, 0.2) is 48.5 Å². The SMILES string of the molecule is COc1ccccc1/C=C/C(=O)OCC(=O)Nc1cc(NC(C)=O)ccc1OC. The van der Waals surface area contributed by atoms with E-state index in [4.69, 9.17) is 14.2 Å². The molecular weight excluding hydrogens is 376 g/mol. The van der Waals surface area contributed by atoms with Gasteiger partial charge in [-0.25, -0.2) is 4.79 Å². The average molecular weight is 398 g/mol. The van der Waals surface area contributed by atoms with E-state index < -0.39 is 18.5 Å². The monoisotopic (exact) mass is 398 g/mol. The maximum Gasteiger partial charge on any atom is 0.331 e. The van der Waals surface area contributed by atoms with Crippen molar-refractivity contribution >= 4 is 35.2 Å². The Kier molecular flexibility index (Phi) is 7.78. The van der Waals surface area contributed by atoms with E-state index in [1.54, 1.807) is 36.4 Å². The van der Waals surface area contributed by atoms with Crippen LogP contribution in [0.1, 0.15) is 12.5 Å². The Labute approximate surface area is 168 Å². The maximum atomic E-state index is 12.1. The molecule has 2 N–H and O–H groups in total. The molecule has 0 aliphatic carbocycles. The highest BCUT2D eigenvalue weighted by Gasteiger charge is 2.11. The zero-order valence-electron chi connectivity index (χ0n) is 16.4. The van der Waals surface area contributed by atoms with Crippen LogP contribution in [0.25, 0.3) is 6.08 Å². The lowest BCUT2D eigenvalue weighted by molar-refractivity contribution is -0.142. The number of benzene rings is 2. The van der Waals surface area contributed by atoms with Crippen LogP contribution < -0.4 is 20.1 Å². The average Bonchev–Trinajstić information content (AvgIpc) is 2.70. The predicted molar refractivity (Wildman–Crippen MR) is 109 cm³/mol. The number of hydrogen-bond donors (Lipinski definition) is 2. The Bertz CT molecular complexity index is 923. The van der Waals surface area contributed by atoms with Gasteiger partial charge in [-0.15, -0.1) is 0 Å². The van der Waals surface area contributed by atoms with Gasteiger partial charge in [-0.1, -0.05) is 18.2 Å². The van der Waals surface area contributed by atoms with Gasteiger partial charge in [-0.3, -0.25) is 9.59 Å². The molecule has 0 aliphatic heterocycles. The van der Waals surface area contributed by atoms with E-state index >= 15 is 0 Å². The first-order chi connectivity index (χ1) is 13.9. The Hall–Kier alpha value is -3.81. The Balaban J connectivity index is 1.94. The van der Waals surface area contributed by atoms with Gasteiger partial charge in [0, 0.05) is 24.3 Å². The number of carbonyl (C=O) groups is 3. The van der Waals surface area contributed by atoms with Gasteiger partial charge in [-0.05, 0) is 30.3 Å². The van der Waals surface area contributed by atoms with E-state index in [0.717, 1.165) is 0 Å². The van der Waals surface area contributed by atoms with Crippen molar-refractivity contribution in [1.82, 2.24) is 0 Å². The van der Waals surface area contributed by atoms with Crippen molar-refractivity contribution in [3.63, 3.8) is 0 Å². The van der Waals surface area contributed by atoms with Gasteiger partial charge >= 0.3 is 5.97 Å². The molecule has 152 valence electrons. The summed E-state index contributed by atoms with van der Waals surface area (Å²) in [7, 11) is 2.98. The molecule has 0 bridgehead atoms. The standard InChI is InChI=1S/C21H22N2O6/c1-14(24)22-16-9-10-19(28-3)17(12-16)23-20(25)13-29-21(26)11-8-15-6-4-5-7-18(15)27-2/h4-12H,13H2,1-3H3,(H,22,24)(H,23,25)/b11-8+. The number of nitrogens with one attached hydrogen (secondary N) is 2. The summed E-state index contributed by atoms with van der Waals surface area (Å²) in [5.74, 6) is -0.467. The van der Waals surface area contributed by atoms with Gasteiger partial charge in [0.05, 0.1) is 19.9 Å². The van der Waals surface area contributed by atoms with Crippen molar-refractivity contribution < 1.29 is 28.6 Å². The number of amides is 2. The molecule has 2 rings (SSSR count). The lowest BCUT2D eigenvalue weighted by Crippen LogP contribution is -2.20. The van der Waals surface area contributed by atoms with Crippen LogP contribution in [0.5, 0.6) is 11.5 Å². The van der Waals surface area contributed by atoms with E-state index in [9.17, 15) is 14.4 Å². The summed E-state index contributed by atoms with van der Waals surface area (Å²) in [5, 5.41) is 5.20.